The first-order valence-corrected chi connectivity index (χ1v) is 7.13. The van der Waals surface area contributed by atoms with E-state index in [2.05, 4.69) is 4.74 Å². The maximum Gasteiger partial charge on any atom is 0.322 e. The predicted molar refractivity (Wildman–Crippen MR) is 81.7 cm³/mol. The third-order valence-corrected chi connectivity index (χ3v) is 2.69. The Morgan fingerprint density at radius 2 is 1.67 bits per heavy atom. The van der Waals surface area contributed by atoms with Gasteiger partial charge in [-0.15, -0.1) is 0 Å². The van der Waals surface area contributed by atoms with Crippen LogP contribution in [0.1, 0.15) is 33.3 Å². The Morgan fingerprint density at radius 3 is 2.19 bits per heavy atom. The van der Waals surface area contributed by atoms with E-state index in [9.17, 15) is 4.79 Å². The van der Waals surface area contributed by atoms with Crippen molar-refractivity contribution in [3.8, 4) is 11.5 Å². The van der Waals surface area contributed by atoms with Crippen molar-refractivity contribution in [2.24, 2.45) is 5.73 Å². The van der Waals surface area contributed by atoms with Crippen molar-refractivity contribution in [2.75, 3.05) is 7.11 Å². The van der Waals surface area contributed by atoms with Crippen LogP contribution in [0, 0.1) is 0 Å². The fourth-order valence-corrected chi connectivity index (χ4v) is 1.87. The van der Waals surface area contributed by atoms with Crippen molar-refractivity contribution < 1.29 is 19.0 Å². The minimum Gasteiger partial charge on any atom is -0.487 e. The zero-order chi connectivity index (χ0) is 16.0. The molecule has 1 aromatic rings. The molecule has 1 atom stereocenters. The monoisotopic (exact) mass is 295 g/mol. The fourth-order valence-electron chi connectivity index (χ4n) is 1.87. The molecule has 1 rings (SSSR count). The Hall–Kier alpha value is -1.75. The number of benzene rings is 1. The standard InChI is InChI=1S/C16H25NO4/c1-10(2)20-14-7-6-12(8-13(17)16(18)19-5)9-15(14)21-11(3)4/h6-7,9-11,13H,8,17H2,1-5H3/t13-/m0/s1. The lowest BCUT2D eigenvalue weighted by Crippen LogP contribution is -2.33. The molecule has 0 spiro atoms. The maximum absolute atomic E-state index is 11.4. The topological polar surface area (TPSA) is 70.8 Å². The van der Waals surface area contributed by atoms with E-state index in [0.29, 0.717) is 17.9 Å². The summed E-state index contributed by atoms with van der Waals surface area (Å²) in [6, 6.07) is 4.91. The molecule has 0 saturated heterocycles. The smallest absolute Gasteiger partial charge is 0.322 e. The summed E-state index contributed by atoms with van der Waals surface area (Å²) in [4.78, 5) is 11.4. The van der Waals surface area contributed by atoms with Crippen molar-refractivity contribution in [2.45, 2.75) is 52.4 Å². The number of ether oxygens (including phenoxy) is 3. The summed E-state index contributed by atoms with van der Waals surface area (Å²) in [5.41, 5.74) is 6.69. The molecule has 0 amide bonds. The molecule has 0 aromatic heterocycles. The number of carbonyl (C=O) groups is 1. The first-order valence-electron chi connectivity index (χ1n) is 7.13. The Bertz CT molecular complexity index is 471. The summed E-state index contributed by atoms with van der Waals surface area (Å²) in [6.07, 6.45) is 0.482. The summed E-state index contributed by atoms with van der Waals surface area (Å²) >= 11 is 0. The van der Waals surface area contributed by atoms with Gasteiger partial charge < -0.3 is 19.9 Å². The number of hydrogen-bond acceptors (Lipinski definition) is 5. The minimum absolute atomic E-state index is 0.0315. The largest absolute Gasteiger partial charge is 0.487 e. The van der Waals surface area contributed by atoms with Crippen LogP contribution >= 0.6 is 0 Å². The van der Waals surface area contributed by atoms with Gasteiger partial charge in [-0.1, -0.05) is 6.07 Å². The molecule has 5 nitrogen and oxygen atoms in total. The highest BCUT2D eigenvalue weighted by Gasteiger charge is 2.16. The van der Waals surface area contributed by atoms with Crippen LogP contribution in [0.3, 0.4) is 0 Å². The van der Waals surface area contributed by atoms with E-state index in [4.69, 9.17) is 15.2 Å². The minimum atomic E-state index is -0.682. The van der Waals surface area contributed by atoms with Crippen LogP contribution in [0.25, 0.3) is 0 Å². The molecule has 1 aromatic carbocycles. The van der Waals surface area contributed by atoms with E-state index < -0.39 is 12.0 Å². The molecular weight excluding hydrogens is 270 g/mol. The van der Waals surface area contributed by atoms with Crippen molar-refractivity contribution >= 4 is 5.97 Å². The normalized spacial score (nSPS) is 12.4. The molecule has 0 aliphatic carbocycles. The molecule has 0 fully saturated rings. The molecule has 5 heteroatoms. The molecule has 118 valence electrons. The Labute approximate surface area is 126 Å². The SMILES string of the molecule is COC(=O)[C@@H](N)Cc1ccc(OC(C)C)c(OC(C)C)c1. The predicted octanol–water partition coefficient (Wildman–Crippen LogP) is 2.30. The Balaban J connectivity index is 2.95. The van der Waals surface area contributed by atoms with E-state index in [1.807, 2.05) is 45.9 Å². The summed E-state index contributed by atoms with van der Waals surface area (Å²) in [5.74, 6) is 0.922. The summed E-state index contributed by atoms with van der Waals surface area (Å²) in [5, 5.41) is 0. The lowest BCUT2D eigenvalue weighted by molar-refractivity contribution is -0.142. The van der Waals surface area contributed by atoms with E-state index in [1.165, 1.54) is 7.11 Å². The van der Waals surface area contributed by atoms with Crippen molar-refractivity contribution in [1.82, 2.24) is 0 Å². The summed E-state index contributed by atoms with van der Waals surface area (Å²) in [6.45, 7) is 7.82. The number of methoxy groups -OCH3 is 1. The van der Waals surface area contributed by atoms with E-state index in [-0.39, 0.29) is 12.2 Å². The van der Waals surface area contributed by atoms with Crippen molar-refractivity contribution in [3.05, 3.63) is 23.8 Å². The second-order valence-electron chi connectivity index (χ2n) is 5.45. The van der Waals surface area contributed by atoms with Gasteiger partial charge in [-0.25, -0.2) is 0 Å². The van der Waals surface area contributed by atoms with Gasteiger partial charge in [-0.2, -0.15) is 0 Å². The zero-order valence-corrected chi connectivity index (χ0v) is 13.4. The molecule has 2 N–H and O–H groups in total. The molecule has 0 saturated carbocycles. The molecule has 0 unspecified atom stereocenters. The lowest BCUT2D eigenvalue weighted by atomic mass is 10.1. The van der Waals surface area contributed by atoms with Gasteiger partial charge in [0.05, 0.1) is 19.3 Å². The summed E-state index contributed by atoms with van der Waals surface area (Å²) in [7, 11) is 1.33. The highest BCUT2D eigenvalue weighted by atomic mass is 16.5. The fraction of sp³-hybridized carbons (Fsp3) is 0.562. The van der Waals surface area contributed by atoms with Crippen LogP contribution in [0.4, 0.5) is 0 Å². The zero-order valence-electron chi connectivity index (χ0n) is 13.4. The number of carbonyl (C=O) groups excluding carboxylic acids is 1. The number of esters is 1. The average molecular weight is 295 g/mol. The lowest BCUT2D eigenvalue weighted by Gasteiger charge is -2.18. The molecule has 0 aliphatic heterocycles. The first-order chi connectivity index (χ1) is 9.83. The van der Waals surface area contributed by atoms with Gasteiger partial charge in [0.1, 0.15) is 6.04 Å². The van der Waals surface area contributed by atoms with Crippen LogP contribution in [0.2, 0.25) is 0 Å². The third-order valence-electron chi connectivity index (χ3n) is 2.69. The third kappa shape index (κ3) is 5.63. The van der Waals surface area contributed by atoms with Crippen LogP contribution in [0.5, 0.6) is 11.5 Å². The molecule has 21 heavy (non-hydrogen) atoms. The second-order valence-corrected chi connectivity index (χ2v) is 5.45. The van der Waals surface area contributed by atoms with Crippen LogP contribution in [-0.2, 0) is 16.0 Å². The average Bonchev–Trinajstić information content (AvgIpc) is 2.39. The molecule has 0 aliphatic rings. The molecule has 0 bridgehead atoms. The van der Waals surface area contributed by atoms with Gasteiger partial charge in [0.15, 0.2) is 11.5 Å². The maximum atomic E-state index is 11.4. The number of nitrogens with two attached hydrogens (primary N) is 1. The van der Waals surface area contributed by atoms with Gasteiger partial charge >= 0.3 is 5.97 Å². The van der Waals surface area contributed by atoms with Gasteiger partial charge in [-0.3, -0.25) is 4.79 Å². The van der Waals surface area contributed by atoms with Gasteiger partial charge in [-0.05, 0) is 51.8 Å². The van der Waals surface area contributed by atoms with Crippen LogP contribution < -0.4 is 15.2 Å². The first kappa shape index (κ1) is 17.3. The molecule has 0 radical (unpaired) electrons. The summed E-state index contributed by atoms with van der Waals surface area (Å²) < 4.78 is 16.1. The van der Waals surface area contributed by atoms with E-state index in [0.717, 1.165) is 5.56 Å². The number of rotatable bonds is 7. The van der Waals surface area contributed by atoms with Crippen molar-refractivity contribution in [3.63, 3.8) is 0 Å². The van der Waals surface area contributed by atoms with Gasteiger partial charge in [0.25, 0.3) is 0 Å². The van der Waals surface area contributed by atoms with Gasteiger partial charge in [0.2, 0.25) is 0 Å². The Morgan fingerprint density at radius 1 is 1.10 bits per heavy atom. The molecular formula is C16H25NO4. The van der Waals surface area contributed by atoms with E-state index >= 15 is 0 Å². The number of hydrogen-bond donors (Lipinski definition) is 1. The highest BCUT2D eigenvalue weighted by Crippen LogP contribution is 2.30. The quantitative estimate of drug-likeness (QED) is 0.782. The van der Waals surface area contributed by atoms with Crippen LogP contribution in [-0.4, -0.2) is 31.3 Å². The van der Waals surface area contributed by atoms with Gasteiger partial charge in [0, 0.05) is 0 Å². The second kappa shape index (κ2) is 7.88. The highest BCUT2D eigenvalue weighted by molar-refractivity contribution is 5.75. The molecule has 0 heterocycles. The van der Waals surface area contributed by atoms with Crippen molar-refractivity contribution in [1.29, 1.82) is 0 Å². The van der Waals surface area contributed by atoms with E-state index in [1.54, 1.807) is 0 Å². The van der Waals surface area contributed by atoms with Crippen LogP contribution in [0.15, 0.2) is 18.2 Å². The Kier molecular flexibility index (Phi) is 6.49.